The summed E-state index contributed by atoms with van der Waals surface area (Å²) < 4.78 is 7.31. The molecular formula is C14H23N3O. The Morgan fingerprint density at radius 3 is 2.56 bits per heavy atom. The molecule has 1 aromatic heterocycles. The number of hydrogen-bond donors (Lipinski definition) is 0. The minimum Gasteiger partial charge on any atom is -0.377 e. The largest absolute Gasteiger partial charge is 0.377 e. The van der Waals surface area contributed by atoms with Crippen molar-refractivity contribution in [2.75, 3.05) is 26.3 Å². The first-order valence-corrected chi connectivity index (χ1v) is 7.11. The van der Waals surface area contributed by atoms with Crippen LogP contribution in [-0.2, 0) is 4.74 Å². The summed E-state index contributed by atoms with van der Waals surface area (Å²) in [6.45, 7) is 8.64. The summed E-state index contributed by atoms with van der Waals surface area (Å²) in [4.78, 5) is 2.56. The second-order valence-electron chi connectivity index (χ2n) is 5.82. The highest BCUT2D eigenvalue weighted by molar-refractivity contribution is 5.08. The van der Waals surface area contributed by atoms with Gasteiger partial charge >= 0.3 is 0 Å². The van der Waals surface area contributed by atoms with Crippen LogP contribution in [0.1, 0.15) is 44.3 Å². The molecule has 1 aromatic rings. The van der Waals surface area contributed by atoms with Crippen LogP contribution in [0.4, 0.5) is 0 Å². The normalized spacial score (nSPS) is 23.5. The van der Waals surface area contributed by atoms with Crippen LogP contribution in [0.15, 0.2) is 12.3 Å². The third-order valence-electron chi connectivity index (χ3n) is 4.30. The summed E-state index contributed by atoms with van der Waals surface area (Å²) in [6.07, 6.45) is 4.62. The van der Waals surface area contributed by atoms with Crippen molar-refractivity contribution < 1.29 is 4.74 Å². The van der Waals surface area contributed by atoms with Crippen molar-refractivity contribution in [2.45, 2.75) is 44.7 Å². The third kappa shape index (κ3) is 2.31. The Balaban J connectivity index is 1.60. The van der Waals surface area contributed by atoms with Gasteiger partial charge in [-0.2, -0.15) is 5.10 Å². The highest BCUT2D eigenvalue weighted by Gasteiger charge is 2.26. The SMILES string of the molecule is CC(C)N1CCC(c2ccn(C3COC3)n2)CC1. The Morgan fingerprint density at radius 2 is 2.00 bits per heavy atom. The number of likely N-dealkylation sites (tertiary alicyclic amines) is 1. The van der Waals surface area contributed by atoms with E-state index in [1.807, 2.05) is 0 Å². The second-order valence-corrected chi connectivity index (χ2v) is 5.82. The van der Waals surface area contributed by atoms with Gasteiger partial charge in [-0.25, -0.2) is 0 Å². The van der Waals surface area contributed by atoms with Gasteiger partial charge < -0.3 is 9.64 Å². The van der Waals surface area contributed by atoms with Gasteiger partial charge in [0.1, 0.15) is 0 Å². The maximum atomic E-state index is 5.22. The van der Waals surface area contributed by atoms with Crippen LogP contribution < -0.4 is 0 Å². The monoisotopic (exact) mass is 249 g/mol. The van der Waals surface area contributed by atoms with E-state index in [4.69, 9.17) is 9.84 Å². The van der Waals surface area contributed by atoms with Crippen LogP contribution in [0, 0.1) is 0 Å². The van der Waals surface area contributed by atoms with Crippen LogP contribution >= 0.6 is 0 Å². The van der Waals surface area contributed by atoms with Crippen molar-refractivity contribution in [3.8, 4) is 0 Å². The molecule has 0 aliphatic carbocycles. The smallest absolute Gasteiger partial charge is 0.0985 e. The average molecular weight is 249 g/mol. The minimum atomic E-state index is 0.481. The van der Waals surface area contributed by atoms with Crippen molar-refractivity contribution in [1.82, 2.24) is 14.7 Å². The van der Waals surface area contributed by atoms with E-state index in [-0.39, 0.29) is 0 Å². The average Bonchev–Trinajstić information content (AvgIpc) is 2.76. The molecule has 100 valence electrons. The predicted octanol–water partition coefficient (Wildman–Crippen LogP) is 2.04. The van der Waals surface area contributed by atoms with Crippen molar-refractivity contribution in [1.29, 1.82) is 0 Å². The van der Waals surface area contributed by atoms with Gasteiger partial charge in [0.2, 0.25) is 0 Å². The molecule has 0 saturated carbocycles. The Hall–Kier alpha value is -0.870. The van der Waals surface area contributed by atoms with E-state index in [2.05, 4.69) is 35.7 Å². The number of ether oxygens (including phenoxy) is 1. The Labute approximate surface area is 109 Å². The molecule has 0 aromatic carbocycles. The summed E-state index contributed by atoms with van der Waals surface area (Å²) in [6, 6.07) is 3.36. The fourth-order valence-corrected chi connectivity index (χ4v) is 2.86. The van der Waals surface area contributed by atoms with E-state index in [0.717, 1.165) is 13.2 Å². The molecule has 0 atom stereocenters. The van der Waals surface area contributed by atoms with E-state index < -0.39 is 0 Å². The van der Waals surface area contributed by atoms with E-state index in [1.54, 1.807) is 0 Å². The van der Waals surface area contributed by atoms with Crippen LogP contribution in [0.25, 0.3) is 0 Å². The molecule has 2 aliphatic heterocycles. The van der Waals surface area contributed by atoms with Crippen molar-refractivity contribution in [3.05, 3.63) is 18.0 Å². The van der Waals surface area contributed by atoms with Crippen LogP contribution in [0.3, 0.4) is 0 Å². The van der Waals surface area contributed by atoms with Crippen LogP contribution in [0.2, 0.25) is 0 Å². The minimum absolute atomic E-state index is 0.481. The van der Waals surface area contributed by atoms with Crippen molar-refractivity contribution in [3.63, 3.8) is 0 Å². The zero-order valence-electron chi connectivity index (χ0n) is 11.4. The van der Waals surface area contributed by atoms with E-state index in [9.17, 15) is 0 Å². The zero-order chi connectivity index (χ0) is 12.5. The quantitative estimate of drug-likeness (QED) is 0.821. The van der Waals surface area contributed by atoms with E-state index in [0.29, 0.717) is 18.0 Å². The summed E-state index contributed by atoms with van der Waals surface area (Å²) in [5.41, 5.74) is 1.28. The predicted molar refractivity (Wildman–Crippen MR) is 70.8 cm³/mol. The number of nitrogens with zero attached hydrogens (tertiary/aromatic N) is 3. The van der Waals surface area contributed by atoms with Gasteiger partial charge in [0, 0.05) is 18.2 Å². The van der Waals surface area contributed by atoms with Gasteiger partial charge in [0.25, 0.3) is 0 Å². The molecule has 2 aliphatic rings. The lowest BCUT2D eigenvalue weighted by Gasteiger charge is -2.34. The molecule has 4 nitrogen and oxygen atoms in total. The van der Waals surface area contributed by atoms with Gasteiger partial charge in [-0.15, -0.1) is 0 Å². The Morgan fingerprint density at radius 1 is 1.28 bits per heavy atom. The van der Waals surface area contributed by atoms with E-state index in [1.165, 1.54) is 31.6 Å². The van der Waals surface area contributed by atoms with Gasteiger partial charge in [-0.3, -0.25) is 4.68 Å². The number of aromatic nitrogens is 2. The molecule has 0 amide bonds. The molecular weight excluding hydrogens is 226 g/mol. The van der Waals surface area contributed by atoms with Crippen molar-refractivity contribution >= 4 is 0 Å². The molecule has 0 unspecified atom stereocenters. The molecule has 4 heteroatoms. The van der Waals surface area contributed by atoms with Crippen molar-refractivity contribution in [2.24, 2.45) is 0 Å². The van der Waals surface area contributed by atoms with Gasteiger partial charge in [0.05, 0.1) is 24.9 Å². The molecule has 2 saturated heterocycles. The highest BCUT2D eigenvalue weighted by Crippen LogP contribution is 2.28. The van der Waals surface area contributed by atoms with Crippen LogP contribution in [0.5, 0.6) is 0 Å². The summed E-state index contributed by atoms with van der Waals surface area (Å²) in [7, 11) is 0. The zero-order valence-corrected chi connectivity index (χ0v) is 11.4. The summed E-state index contributed by atoms with van der Waals surface area (Å²) >= 11 is 0. The van der Waals surface area contributed by atoms with Crippen LogP contribution in [-0.4, -0.2) is 47.0 Å². The lowest BCUT2D eigenvalue weighted by molar-refractivity contribution is -0.0288. The molecule has 3 heterocycles. The first-order valence-electron chi connectivity index (χ1n) is 7.11. The topological polar surface area (TPSA) is 30.3 Å². The number of rotatable bonds is 3. The molecule has 3 rings (SSSR count). The lowest BCUT2D eigenvalue weighted by atomic mass is 9.93. The Kier molecular flexibility index (Phi) is 3.39. The third-order valence-corrected chi connectivity index (χ3v) is 4.30. The fourth-order valence-electron chi connectivity index (χ4n) is 2.86. The molecule has 18 heavy (non-hydrogen) atoms. The molecule has 0 bridgehead atoms. The first-order chi connectivity index (χ1) is 8.74. The summed E-state index contributed by atoms with van der Waals surface area (Å²) in [5.74, 6) is 0.655. The fraction of sp³-hybridized carbons (Fsp3) is 0.786. The summed E-state index contributed by atoms with van der Waals surface area (Å²) in [5, 5.41) is 4.74. The second kappa shape index (κ2) is 5.02. The number of hydrogen-bond acceptors (Lipinski definition) is 3. The molecule has 0 N–H and O–H groups in total. The van der Waals surface area contributed by atoms with Gasteiger partial charge in [-0.05, 0) is 45.8 Å². The standard InChI is InChI=1S/C14H23N3O/c1-11(2)16-6-3-12(4-7-16)14-5-8-17(15-14)13-9-18-10-13/h5,8,11-13H,3-4,6-7,9-10H2,1-2H3. The first kappa shape index (κ1) is 12.2. The molecule has 0 spiro atoms. The van der Waals surface area contributed by atoms with E-state index >= 15 is 0 Å². The maximum absolute atomic E-state index is 5.22. The maximum Gasteiger partial charge on any atom is 0.0985 e. The van der Waals surface area contributed by atoms with Gasteiger partial charge in [-0.1, -0.05) is 0 Å². The highest BCUT2D eigenvalue weighted by atomic mass is 16.5. The van der Waals surface area contributed by atoms with Gasteiger partial charge in [0.15, 0.2) is 0 Å². The lowest BCUT2D eigenvalue weighted by Crippen LogP contribution is -2.38. The number of piperidine rings is 1. The molecule has 2 fully saturated rings. The molecule has 0 radical (unpaired) electrons. The Bertz CT molecular complexity index is 389.